The molecule has 0 spiro atoms. The van der Waals surface area contributed by atoms with Crippen molar-refractivity contribution in [3.8, 4) is 22.3 Å². The fourth-order valence-electron chi connectivity index (χ4n) is 5.38. The van der Waals surface area contributed by atoms with Crippen LogP contribution in [0.3, 0.4) is 0 Å². The van der Waals surface area contributed by atoms with Crippen LogP contribution in [0.1, 0.15) is 40.2 Å². The Labute approximate surface area is 212 Å². The van der Waals surface area contributed by atoms with Gasteiger partial charge in [-0.15, -0.1) is 0 Å². The molecule has 0 unspecified atom stereocenters. The predicted octanol–water partition coefficient (Wildman–Crippen LogP) is 6.70. The molecule has 4 aromatic rings. The molecule has 7 heteroatoms. The fourth-order valence-corrected chi connectivity index (χ4v) is 5.38. The first kappa shape index (κ1) is 25.0. The molecule has 0 aromatic heterocycles. The van der Waals surface area contributed by atoms with Crippen LogP contribution in [0, 0.1) is 5.92 Å². The highest BCUT2D eigenvalue weighted by Crippen LogP contribution is 2.39. The normalized spacial score (nSPS) is 19.9. The highest BCUT2D eigenvalue weighted by Gasteiger charge is 2.32. The van der Waals surface area contributed by atoms with Crippen molar-refractivity contribution in [2.45, 2.75) is 31.0 Å². The first-order valence-corrected chi connectivity index (χ1v) is 12.1. The number of aliphatic hydroxyl groups excluding tert-OH is 1. The van der Waals surface area contributed by atoms with Gasteiger partial charge in [0.05, 0.1) is 11.1 Å². The van der Waals surface area contributed by atoms with Gasteiger partial charge in [-0.2, -0.15) is 13.2 Å². The number of rotatable bonds is 5. The SMILES string of the molecule is N[C@H]1C[C@@H](CO)C[C@@H]1c1ccc(-c2cc(C(=O)O)cc3cc(-c4ccc(C(F)(F)F)cc4)ccc23)cc1. The summed E-state index contributed by atoms with van der Waals surface area (Å²) in [4.78, 5) is 11.9. The summed E-state index contributed by atoms with van der Waals surface area (Å²) < 4.78 is 38.8. The third-order valence-corrected chi connectivity index (χ3v) is 7.36. The number of carbonyl (C=O) groups is 1. The van der Waals surface area contributed by atoms with Gasteiger partial charge in [0, 0.05) is 12.6 Å². The summed E-state index contributed by atoms with van der Waals surface area (Å²) in [6, 6.07) is 21.6. The lowest BCUT2D eigenvalue weighted by Gasteiger charge is -2.17. The maximum atomic E-state index is 12.9. The number of hydrogen-bond acceptors (Lipinski definition) is 3. The van der Waals surface area contributed by atoms with Crippen LogP contribution in [0.2, 0.25) is 0 Å². The standard InChI is InChI=1S/C30H26F3NO3/c31-30(32,33)24-8-5-18(6-9-24)21-7-10-25-22(13-21)14-23(29(36)37)15-26(25)19-1-3-20(4-2-19)27-11-17(16-35)12-28(27)34/h1-10,13-15,17,27-28,35H,11-12,16,34H2,(H,36,37)/t17-,27+,28-/m0/s1. The van der Waals surface area contributed by atoms with Gasteiger partial charge in [-0.05, 0) is 93.6 Å². The zero-order valence-electron chi connectivity index (χ0n) is 19.9. The number of carboxylic acid groups (broad SMARTS) is 1. The Hall–Kier alpha value is -3.68. The molecule has 190 valence electrons. The minimum atomic E-state index is -4.41. The summed E-state index contributed by atoms with van der Waals surface area (Å²) in [6.45, 7) is 0.130. The summed E-state index contributed by atoms with van der Waals surface area (Å²) in [7, 11) is 0. The maximum absolute atomic E-state index is 12.9. The lowest BCUT2D eigenvalue weighted by Crippen LogP contribution is -2.22. The molecule has 0 heterocycles. The Balaban J connectivity index is 1.53. The van der Waals surface area contributed by atoms with Crippen LogP contribution < -0.4 is 5.73 Å². The van der Waals surface area contributed by atoms with Crippen LogP contribution in [-0.2, 0) is 6.18 Å². The molecule has 37 heavy (non-hydrogen) atoms. The Morgan fingerprint density at radius 3 is 2.11 bits per heavy atom. The molecule has 0 radical (unpaired) electrons. The molecule has 0 amide bonds. The quantitative estimate of drug-likeness (QED) is 0.282. The third-order valence-electron chi connectivity index (χ3n) is 7.36. The lowest BCUT2D eigenvalue weighted by atomic mass is 9.90. The second-order valence-corrected chi connectivity index (χ2v) is 9.75. The first-order chi connectivity index (χ1) is 17.6. The van der Waals surface area contributed by atoms with Crippen molar-refractivity contribution >= 4 is 16.7 Å². The molecule has 0 saturated heterocycles. The Bertz CT molecular complexity index is 1450. The second-order valence-electron chi connectivity index (χ2n) is 9.75. The molecule has 4 nitrogen and oxygen atoms in total. The van der Waals surface area contributed by atoms with Crippen LogP contribution in [0.4, 0.5) is 13.2 Å². The Morgan fingerprint density at radius 1 is 0.865 bits per heavy atom. The highest BCUT2D eigenvalue weighted by molar-refractivity contribution is 6.04. The van der Waals surface area contributed by atoms with Gasteiger partial charge < -0.3 is 15.9 Å². The van der Waals surface area contributed by atoms with Crippen LogP contribution in [0.5, 0.6) is 0 Å². The minimum Gasteiger partial charge on any atom is -0.478 e. The molecule has 1 aliphatic carbocycles. The number of hydrogen-bond donors (Lipinski definition) is 3. The van der Waals surface area contributed by atoms with E-state index in [1.807, 2.05) is 36.4 Å². The predicted molar refractivity (Wildman–Crippen MR) is 137 cm³/mol. The number of aliphatic hydroxyl groups is 1. The Kier molecular flexibility index (Phi) is 6.52. The molecule has 0 aliphatic heterocycles. The van der Waals surface area contributed by atoms with E-state index < -0.39 is 17.7 Å². The molecule has 1 fully saturated rings. The van der Waals surface area contributed by atoms with Crippen molar-refractivity contribution in [3.05, 3.63) is 95.6 Å². The second kappa shape index (κ2) is 9.65. The zero-order chi connectivity index (χ0) is 26.3. The zero-order valence-corrected chi connectivity index (χ0v) is 19.9. The van der Waals surface area contributed by atoms with E-state index in [0.717, 1.165) is 47.1 Å². The van der Waals surface area contributed by atoms with E-state index >= 15 is 0 Å². The van der Waals surface area contributed by atoms with E-state index in [4.69, 9.17) is 5.73 Å². The molecular formula is C30H26F3NO3. The van der Waals surface area contributed by atoms with Gasteiger partial charge >= 0.3 is 12.1 Å². The molecule has 1 saturated carbocycles. The van der Waals surface area contributed by atoms with Crippen molar-refractivity contribution < 1.29 is 28.2 Å². The smallest absolute Gasteiger partial charge is 0.416 e. The summed E-state index contributed by atoms with van der Waals surface area (Å²) in [5.41, 5.74) is 9.72. The van der Waals surface area contributed by atoms with Gasteiger partial charge in [-0.25, -0.2) is 4.79 Å². The number of alkyl halides is 3. The van der Waals surface area contributed by atoms with Gasteiger partial charge in [0.15, 0.2) is 0 Å². The maximum Gasteiger partial charge on any atom is 0.416 e. The van der Waals surface area contributed by atoms with Crippen molar-refractivity contribution in [1.29, 1.82) is 0 Å². The molecule has 4 N–H and O–H groups in total. The average Bonchev–Trinajstić information content (AvgIpc) is 3.28. The number of nitrogens with two attached hydrogens (primary N) is 1. The average molecular weight is 506 g/mol. The largest absolute Gasteiger partial charge is 0.478 e. The van der Waals surface area contributed by atoms with Gasteiger partial charge in [0.2, 0.25) is 0 Å². The van der Waals surface area contributed by atoms with Gasteiger partial charge in [0.1, 0.15) is 0 Å². The van der Waals surface area contributed by atoms with Crippen LogP contribution in [0.25, 0.3) is 33.0 Å². The molecule has 3 atom stereocenters. The fraction of sp³-hybridized carbons (Fsp3) is 0.233. The molecule has 4 aromatic carbocycles. The molecule has 0 bridgehead atoms. The molecule has 1 aliphatic rings. The van der Waals surface area contributed by atoms with E-state index in [9.17, 15) is 28.2 Å². The van der Waals surface area contributed by atoms with Crippen LogP contribution in [0.15, 0.2) is 78.9 Å². The van der Waals surface area contributed by atoms with Crippen LogP contribution in [-0.4, -0.2) is 28.8 Å². The van der Waals surface area contributed by atoms with E-state index in [-0.39, 0.29) is 30.0 Å². The van der Waals surface area contributed by atoms with Crippen molar-refractivity contribution in [2.75, 3.05) is 6.61 Å². The van der Waals surface area contributed by atoms with Gasteiger partial charge in [0.25, 0.3) is 0 Å². The summed E-state index contributed by atoms with van der Waals surface area (Å²) in [5.74, 6) is -0.694. The van der Waals surface area contributed by atoms with Crippen LogP contribution >= 0.6 is 0 Å². The lowest BCUT2D eigenvalue weighted by molar-refractivity contribution is -0.137. The van der Waals surface area contributed by atoms with Crippen molar-refractivity contribution in [3.63, 3.8) is 0 Å². The van der Waals surface area contributed by atoms with Gasteiger partial charge in [-0.3, -0.25) is 0 Å². The van der Waals surface area contributed by atoms with Crippen molar-refractivity contribution in [2.24, 2.45) is 11.7 Å². The number of fused-ring (bicyclic) bond motifs is 1. The number of benzene rings is 4. The van der Waals surface area contributed by atoms with Crippen molar-refractivity contribution in [1.82, 2.24) is 0 Å². The summed E-state index contributed by atoms with van der Waals surface area (Å²) in [5, 5.41) is 20.8. The highest BCUT2D eigenvalue weighted by atomic mass is 19.4. The van der Waals surface area contributed by atoms with E-state index in [2.05, 4.69) is 0 Å². The number of carboxylic acids is 1. The van der Waals surface area contributed by atoms with E-state index in [0.29, 0.717) is 16.5 Å². The van der Waals surface area contributed by atoms with Gasteiger partial charge in [-0.1, -0.05) is 48.5 Å². The van der Waals surface area contributed by atoms with E-state index in [1.54, 1.807) is 18.2 Å². The monoisotopic (exact) mass is 505 g/mol. The first-order valence-electron chi connectivity index (χ1n) is 12.1. The van der Waals surface area contributed by atoms with E-state index in [1.165, 1.54) is 12.1 Å². The Morgan fingerprint density at radius 2 is 1.51 bits per heavy atom. The number of aromatic carboxylic acids is 1. The minimum absolute atomic E-state index is 0.0113. The topological polar surface area (TPSA) is 83.5 Å². The molecular weight excluding hydrogens is 479 g/mol. The molecule has 5 rings (SSSR count). The summed E-state index contributed by atoms with van der Waals surface area (Å²) in [6.07, 6.45) is -2.79. The summed E-state index contributed by atoms with van der Waals surface area (Å²) >= 11 is 0. The third kappa shape index (κ3) is 4.97. The number of halogens is 3.